The van der Waals surface area contributed by atoms with Crippen LogP contribution in [-0.4, -0.2) is 15.9 Å². The van der Waals surface area contributed by atoms with Crippen LogP contribution in [0.5, 0.6) is 0 Å². The van der Waals surface area contributed by atoms with Crippen molar-refractivity contribution < 1.29 is 4.92 Å². The SMILES string of the molecule is CC(C)N(Cc1ccccc1)c1ncc(Br)cc1[N+](=O)[O-]. The first-order valence-electron chi connectivity index (χ1n) is 6.59. The molecule has 6 heteroatoms. The molecule has 0 radical (unpaired) electrons. The van der Waals surface area contributed by atoms with Crippen LogP contribution in [0.15, 0.2) is 47.1 Å². The molecule has 1 aromatic heterocycles. The van der Waals surface area contributed by atoms with Crippen molar-refractivity contribution >= 4 is 27.4 Å². The van der Waals surface area contributed by atoms with Crippen LogP contribution >= 0.6 is 15.9 Å². The average molecular weight is 350 g/mol. The summed E-state index contributed by atoms with van der Waals surface area (Å²) in [5.74, 6) is 0.391. The first-order chi connectivity index (χ1) is 9.99. The van der Waals surface area contributed by atoms with E-state index >= 15 is 0 Å². The van der Waals surface area contributed by atoms with E-state index in [0.29, 0.717) is 16.8 Å². The molecule has 0 atom stereocenters. The van der Waals surface area contributed by atoms with Crippen molar-refractivity contribution in [1.29, 1.82) is 0 Å². The van der Waals surface area contributed by atoms with E-state index in [9.17, 15) is 10.1 Å². The van der Waals surface area contributed by atoms with Crippen molar-refractivity contribution in [3.05, 3.63) is 62.7 Å². The zero-order valence-electron chi connectivity index (χ0n) is 11.9. The maximum absolute atomic E-state index is 11.3. The molecule has 0 aliphatic carbocycles. The molecule has 0 N–H and O–H groups in total. The van der Waals surface area contributed by atoms with E-state index in [0.717, 1.165) is 5.56 Å². The second kappa shape index (κ2) is 6.67. The molecule has 21 heavy (non-hydrogen) atoms. The van der Waals surface area contributed by atoms with E-state index in [1.807, 2.05) is 49.1 Å². The summed E-state index contributed by atoms with van der Waals surface area (Å²) in [7, 11) is 0. The number of hydrogen-bond acceptors (Lipinski definition) is 4. The Bertz CT molecular complexity index is 632. The number of nitrogens with zero attached hydrogens (tertiary/aromatic N) is 3. The molecule has 0 aliphatic heterocycles. The standard InChI is InChI=1S/C15H16BrN3O2/c1-11(2)18(10-12-6-4-3-5-7-12)15-14(19(20)21)8-13(16)9-17-15/h3-9,11H,10H2,1-2H3. The van der Waals surface area contributed by atoms with Gasteiger partial charge in [0, 0.05) is 29.3 Å². The van der Waals surface area contributed by atoms with Gasteiger partial charge in [-0.3, -0.25) is 10.1 Å². The Balaban J connectivity index is 2.41. The first kappa shape index (κ1) is 15.4. The van der Waals surface area contributed by atoms with Gasteiger partial charge < -0.3 is 4.90 Å². The minimum atomic E-state index is -0.395. The van der Waals surface area contributed by atoms with E-state index < -0.39 is 4.92 Å². The van der Waals surface area contributed by atoms with E-state index in [1.165, 1.54) is 6.07 Å². The lowest BCUT2D eigenvalue weighted by Gasteiger charge is -2.27. The van der Waals surface area contributed by atoms with Gasteiger partial charge in [-0.2, -0.15) is 0 Å². The molecule has 0 fully saturated rings. The molecule has 2 aromatic rings. The second-order valence-corrected chi connectivity index (χ2v) is 5.88. The highest BCUT2D eigenvalue weighted by molar-refractivity contribution is 9.10. The predicted octanol–water partition coefficient (Wildman–Crippen LogP) is 4.17. The summed E-state index contributed by atoms with van der Waals surface area (Å²) >= 11 is 3.23. The van der Waals surface area contributed by atoms with Crippen LogP contribution in [0, 0.1) is 10.1 Å². The minimum absolute atomic E-state index is 0.00834. The summed E-state index contributed by atoms with van der Waals surface area (Å²) < 4.78 is 0.598. The quantitative estimate of drug-likeness (QED) is 0.600. The molecule has 0 unspecified atom stereocenters. The Morgan fingerprint density at radius 1 is 1.33 bits per heavy atom. The summed E-state index contributed by atoms with van der Waals surface area (Å²) in [4.78, 5) is 17.1. The molecule has 1 aromatic carbocycles. The lowest BCUT2D eigenvalue weighted by atomic mass is 10.2. The van der Waals surface area contributed by atoms with E-state index in [4.69, 9.17) is 0 Å². The molecule has 0 amide bonds. The Morgan fingerprint density at radius 3 is 2.57 bits per heavy atom. The summed E-state index contributed by atoms with van der Waals surface area (Å²) in [5.41, 5.74) is 1.10. The summed E-state index contributed by atoms with van der Waals surface area (Å²) in [5, 5.41) is 11.3. The maximum atomic E-state index is 11.3. The fourth-order valence-corrected chi connectivity index (χ4v) is 2.38. The van der Waals surface area contributed by atoms with Gasteiger partial charge in [0.2, 0.25) is 5.82 Å². The second-order valence-electron chi connectivity index (χ2n) is 4.96. The Hall–Kier alpha value is -1.95. The molecule has 0 saturated heterocycles. The topological polar surface area (TPSA) is 59.3 Å². The number of halogens is 1. The number of anilines is 1. The smallest absolute Gasteiger partial charge is 0.312 e. The van der Waals surface area contributed by atoms with E-state index in [2.05, 4.69) is 20.9 Å². The van der Waals surface area contributed by atoms with Crippen molar-refractivity contribution in [2.24, 2.45) is 0 Å². The van der Waals surface area contributed by atoms with Gasteiger partial charge in [0.1, 0.15) is 0 Å². The van der Waals surface area contributed by atoms with Crippen LogP contribution in [0.1, 0.15) is 19.4 Å². The number of pyridine rings is 1. The molecular formula is C15H16BrN3O2. The zero-order valence-corrected chi connectivity index (χ0v) is 13.4. The summed E-state index contributed by atoms with van der Waals surface area (Å²) in [6, 6.07) is 11.4. The van der Waals surface area contributed by atoms with Crippen LogP contribution in [-0.2, 0) is 6.54 Å². The molecule has 0 saturated carbocycles. The Labute approximate surface area is 131 Å². The highest BCUT2D eigenvalue weighted by Crippen LogP contribution is 2.30. The molecule has 0 spiro atoms. The molecule has 5 nitrogen and oxygen atoms in total. The highest BCUT2D eigenvalue weighted by atomic mass is 79.9. The molecule has 2 rings (SSSR count). The van der Waals surface area contributed by atoms with Crippen LogP contribution in [0.25, 0.3) is 0 Å². The lowest BCUT2D eigenvalue weighted by molar-refractivity contribution is -0.384. The zero-order chi connectivity index (χ0) is 15.4. The van der Waals surface area contributed by atoms with Crippen molar-refractivity contribution in [2.45, 2.75) is 26.4 Å². The average Bonchev–Trinajstić information content (AvgIpc) is 2.46. The first-order valence-corrected chi connectivity index (χ1v) is 7.39. The van der Waals surface area contributed by atoms with Crippen LogP contribution in [0.3, 0.4) is 0 Å². The Kier molecular flexibility index (Phi) is 4.90. The number of hydrogen-bond donors (Lipinski definition) is 0. The summed E-state index contributed by atoms with van der Waals surface area (Å²) in [6.07, 6.45) is 1.59. The van der Waals surface area contributed by atoms with Crippen LogP contribution in [0.2, 0.25) is 0 Å². The van der Waals surface area contributed by atoms with Crippen LogP contribution in [0.4, 0.5) is 11.5 Å². The van der Waals surface area contributed by atoms with Crippen molar-refractivity contribution in [1.82, 2.24) is 4.98 Å². The largest absolute Gasteiger partial charge is 0.344 e. The van der Waals surface area contributed by atoms with Crippen molar-refractivity contribution in [2.75, 3.05) is 4.90 Å². The van der Waals surface area contributed by atoms with Gasteiger partial charge in [0.25, 0.3) is 0 Å². The monoisotopic (exact) mass is 349 g/mol. The number of aromatic nitrogens is 1. The van der Waals surface area contributed by atoms with Crippen LogP contribution < -0.4 is 4.90 Å². The van der Waals surface area contributed by atoms with Gasteiger partial charge in [-0.15, -0.1) is 0 Å². The van der Waals surface area contributed by atoms with Crippen molar-refractivity contribution in [3.63, 3.8) is 0 Å². The molecule has 0 bridgehead atoms. The third-order valence-electron chi connectivity index (χ3n) is 3.10. The molecule has 1 heterocycles. The van der Waals surface area contributed by atoms with Crippen molar-refractivity contribution in [3.8, 4) is 0 Å². The Morgan fingerprint density at radius 2 is 2.00 bits per heavy atom. The molecular weight excluding hydrogens is 334 g/mol. The number of rotatable bonds is 5. The predicted molar refractivity (Wildman–Crippen MR) is 86.4 cm³/mol. The van der Waals surface area contributed by atoms with Gasteiger partial charge in [-0.25, -0.2) is 4.98 Å². The highest BCUT2D eigenvalue weighted by Gasteiger charge is 2.23. The number of benzene rings is 1. The molecule has 110 valence electrons. The lowest BCUT2D eigenvalue weighted by Crippen LogP contribution is -2.31. The third-order valence-corrected chi connectivity index (χ3v) is 3.54. The normalized spacial score (nSPS) is 10.7. The fraction of sp³-hybridized carbons (Fsp3) is 0.267. The van der Waals surface area contributed by atoms with Gasteiger partial charge >= 0.3 is 5.69 Å². The van der Waals surface area contributed by atoms with Gasteiger partial charge in [0.05, 0.1) is 4.92 Å². The fourth-order valence-electron chi connectivity index (χ4n) is 2.06. The summed E-state index contributed by atoms with van der Waals surface area (Å²) in [6.45, 7) is 4.57. The van der Waals surface area contributed by atoms with Gasteiger partial charge in [-0.1, -0.05) is 30.3 Å². The molecule has 0 aliphatic rings. The maximum Gasteiger partial charge on any atom is 0.312 e. The van der Waals surface area contributed by atoms with Gasteiger partial charge in [0.15, 0.2) is 0 Å². The third kappa shape index (κ3) is 3.78. The van der Waals surface area contributed by atoms with E-state index in [-0.39, 0.29) is 11.7 Å². The minimum Gasteiger partial charge on any atom is -0.344 e. The number of nitro groups is 1. The van der Waals surface area contributed by atoms with Gasteiger partial charge in [-0.05, 0) is 35.3 Å². The van der Waals surface area contributed by atoms with E-state index in [1.54, 1.807) is 6.20 Å².